The van der Waals surface area contributed by atoms with Gasteiger partial charge in [0.15, 0.2) is 0 Å². The molecule has 0 aliphatic heterocycles. The summed E-state index contributed by atoms with van der Waals surface area (Å²) in [6.07, 6.45) is 3.55. The maximum absolute atomic E-state index is 11.8. The summed E-state index contributed by atoms with van der Waals surface area (Å²) in [4.78, 5) is 11.8. The van der Waals surface area contributed by atoms with Gasteiger partial charge in [0, 0.05) is 13.2 Å². The number of hydrogen-bond donors (Lipinski definition) is 2. The summed E-state index contributed by atoms with van der Waals surface area (Å²) in [6.45, 7) is 6.69. The molecule has 1 atom stereocenters. The molecule has 0 bridgehead atoms. The second-order valence-corrected chi connectivity index (χ2v) is 4.44. The van der Waals surface area contributed by atoms with Crippen LogP contribution in [0.2, 0.25) is 0 Å². The Hall–Kier alpha value is -1.33. The van der Waals surface area contributed by atoms with E-state index in [1.807, 2.05) is 13.0 Å². The van der Waals surface area contributed by atoms with Crippen LogP contribution in [0, 0.1) is 0 Å². The highest BCUT2D eigenvalue weighted by Crippen LogP contribution is 1.98. The first-order valence-electron chi connectivity index (χ1n) is 6.85. The number of carbonyl (C=O) groups is 1. The van der Waals surface area contributed by atoms with Crippen LogP contribution in [0.15, 0.2) is 22.8 Å². The Balaban J connectivity index is 2.04. The van der Waals surface area contributed by atoms with Gasteiger partial charge in [0.05, 0.1) is 18.8 Å². The first-order valence-corrected chi connectivity index (χ1v) is 6.85. The third-order valence-electron chi connectivity index (χ3n) is 2.67. The summed E-state index contributed by atoms with van der Waals surface area (Å²) in [6, 6.07) is 3.43. The highest BCUT2D eigenvalue weighted by Gasteiger charge is 2.11. The predicted molar refractivity (Wildman–Crippen MR) is 73.7 cm³/mol. The van der Waals surface area contributed by atoms with Gasteiger partial charge in [-0.15, -0.1) is 0 Å². The van der Waals surface area contributed by atoms with Crippen molar-refractivity contribution in [2.24, 2.45) is 0 Å². The molecule has 5 nitrogen and oxygen atoms in total. The van der Waals surface area contributed by atoms with Gasteiger partial charge in [0.1, 0.15) is 5.76 Å². The van der Waals surface area contributed by atoms with E-state index in [2.05, 4.69) is 17.6 Å². The Bertz CT molecular complexity index is 338. The molecule has 0 radical (unpaired) electrons. The smallest absolute Gasteiger partial charge is 0.237 e. The van der Waals surface area contributed by atoms with E-state index in [9.17, 15) is 4.79 Å². The Kier molecular flexibility index (Phi) is 7.93. The summed E-state index contributed by atoms with van der Waals surface area (Å²) in [5, 5.41) is 5.99. The quantitative estimate of drug-likeness (QED) is 0.634. The van der Waals surface area contributed by atoms with E-state index in [0.717, 1.165) is 38.4 Å². The van der Waals surface area contributed by atoms with Gasteiger partial charge >= 0.3 is 0 Å². The molecule has 1 heterocycles. The second kappa shape index (κ2) is 9.58. The molecular weight excluding hydrogens is 244 g/mol. The third-order valence-corrected chi connectivity index (χ3v) is 2.67. The van der Waals surface area contributed by atoms with E-state index in [1.54, 1.807) is 12.3 Å². The second-order valence-electron chi connectivity index (χ2n) is 4.44. The molecule has 5 heteroatoms. The molecule has 19 heavy (non-hydrogen) atoms. The number of rotatable bonds is 10. The van der Waals surface area contributed by atoms with Crippen molar-refractivity contribution in [1.29, 1.82) is 0 Å². The summed E-state index contributed by atoms with van der Waals surface area (Å²) in [7, 11) is 0. The van der Waals surface area contributed by atoms with Gasteiger partial charge in [-0.2, -0.15) is 0 Å². The van der Waals surface area contributed by atoms with Gasteiger partial charge in [-0.1, -0.05) is 6.92 Å². The SMILES string of the molecule is CCCOCCCNC(C)C(=O)NCc1ccco1. The summed E-state index contributed by atoms with van der Waals surface area (Å²) >= 11 is 0. The monoisotopic (exact) mass is 268 g/mol. The van der Waals surface area contributed by atoms with Crippen LogP contribution >= 0.6 is 0 Å². The lowest BCUT2D eigenvalue weighted by atomic mass is 10.3. The van der Waals surface area contributed by atoms with Gasteiger partial charge < -0.3 is 19.8 Å². The van der Waals surface area contributed by atoms with Crippen molar-refractivity contribution in [3.63, 3.8) is 0 Å². The molecule has 1 amide bonds. The number of furan rings is 1. The number of hydrogen-bond acceptors (Lipinski definition) is 4. The fraction of sp³-hybridized carbons (Fsp3) is 0.643. The van der Waals surface area contributed by atoms with Gasteiger partial charge in [0.2, 0.25) is 5.91 Å². The molecule has 0 spiro atoms. The topological polar surface area (TPSA) is 63.5 Å². The summed E-state index contributed by atoms with van der Waals surface area (Å²) in [5.41, 5.74) is 0. The Morgan fingerprint density at radius 3 is 3.00 bits per heavy atom. The molecule has 1 rings (SSSR count). The molecule has 0 saturated carbocycles. The lowest BCUT2D eigenvalue weighted by molar-refractivity contribution is -0.123. The minimum atomic E-state index is -0.207. The number of carbonyl (C=O) groups excluding carboxylic acids is 1. The van der Waals surface area contributed by atoms with Crippen molar-refractivity contribution in [2.45, 2.75) is 39.3 Å². The normalized spacial score (nSPS) is 12.3. The van der Waals surface area contributed by atoms with E-state index in [-0.39, 0.29) is 11.9 Å². The van der Waals surface area contributed by atoms with Gasteiger partial charge in [-0.25, -0.2) is 0 Å². The zero-order valence-electron chi connectivity index (χ0n) is 11.8. The number of amides is 1. The Morgan fingerprint density at radius 1 is 1.47 bits per heavy atom. The molecule has 1 aromatic heterocycles. The first kappa shape index (κ1) is 15.7. The molecule has 0 fully saturated rings. The highest BCUT2D eigenvalue weighted by atomic mass is 16.5. The lowest BCUT2D eigenvalue weighted by Crippen LogP contribution is -2.42. The average Bonchev–Trinajstić information content (AvgIpc) is 2.93. The molecule has 1 aromatic rings. The van der Waals surface area contributed by atoms with Crippen molar-refractivity contribution in [2.75, 3.05) is 19.8 Å². The lowest BCUT2D eigenvalue weighted by Gasteiger charge is -2.13. The van der Waals surface area contributed by atoms with Crippen LogP contribution in [-0.2, 0) is 16.1 Å². The largest absolute Gasteiger partial charge is 0.467 e. The van der Waals surface area contributed by atoms with Crippen molar-refractivity contribution in [1.82, 2.24) is 10.6 Å². The van der Waals surface area contributed by atoms with Crippen LogP contribution in [0.3, 0.4) is 0 Å². The first-order chi connectivity index (χ1) is 9.24. The summed E-state index contributed by atoms with van der Waals surface area (Å²) < 4.78 is 10.5. The summed E-state index contributed by atoms with van der Waals surface area (Å²) in [5.74, 6) is 0.736. The molecule has 0 aliphatic rings. The molecule has 2 N–H and O–H groups in total. The molecular formula is C14H24N2O3. The van der Waals surface area contributed by atoms with Crippen LogP contribution in [-0.4, -0.2) is 31.7 Å². The van der Waals surface area contributed by atoms with E-state index >= 15 is 0 Å². The molecule has 0 aliphatic carbocycles. The van der Waals surface area contributed by atoms with Crippen molar-refractivity contribution in [3.8, 4) is 0 Å². The minimum absolute atomic E-state index is 0.0223. The number of nitrogens with one attached hydrogen (secondary N) is 2. The van der Waals surface area contributed by atoms with E-state index in [0.29, 0.717) is 6.54 Å². The zero-order chi connectivity index (χ0) is 13.9. The molecule has 0 aromatic carbocycles. The molecule has 0 saturated heterocycles. The highest BCUT2D eigenvalue weighted by molar-refractivity contribution is 5.81. The fourth-order valence-electron chi connectivity index (χ4n) is 1.57. The third kappa shape index (κ3) is 6.98. The standard InChI is InChI=1S/C14H24N2O3/c1-3-8-18-9-5-7-15-12(2)14(17)16-11-13-6-4-10-19-13/h4,6,10,12,15H,3,5,7-9,11H2,1-2H3,(H,16,17). The van der Waals surface area contributed by atoms with Crippen LogP contribution in [0.25, 0.3) is 0 Å². The minimum Gasteiger partial charge on any atom is -0.467 e. The zero-order valence-corrected chi connectivity index (χ0v) is 11.8. The van der Waals surface area contributed by atoms with Crippen molar-refractivity contribution in [3.05, 3.63) is 24.2 Å². The van der Waals surface area contributed by atoms with Gasteiger partial charge in [-0.05, 0) is 38.4 Å². The Labute approximate surface area is 114 Å². The average molecular weight is 268 g/mol. The van der Waals surface area contributed by atoms with E-state index in [4.69, 9.17) is 9.15 Å². The maximum atomic E-state index is 11.8. The van der Waals surface area contributed by atoms with Gasteiger partial charge in [-0.3, -0.25) is 4.79 Å². The van der Waals surface area contributed by atoms with Crippen LogP contribution in [0.5, 0.6) is 0 Å². The van der Waals surface area contributed by atoms with Crippen molar-refractivity contribution >= 4 is 5.91 Å². The van der Waals surface area contributed by atoms with Crippen LogP contribution in [0.1, 0.15) is 32.4 Å². The van der Waals surface area contributed by atoms with Gasteiger partial charge in [0.25, 0.3) is 0 Å². The molecule has 1 unspecified atom stereocenters. The van der Waals surface area contributed by atoms with E-state index < -0.39 is 0 Å². The van der Waals surface area contributed by atoms with Crippen molar-refractivity contribution < 1.29 is 13.9 Å². The van der Waals surface area contributed by atoms with E-state index in [1.165, 1.54) is 0 Å². The predicted octanol–water partition coefficient (Wildman–Crippen LogP) is 1.69. The fourth-order valence-corrected chi connectivity index (χ4v) is 1.57. The van der Waals surface area contributed by atoms with Crippen LogP contribution < -0.4 is 10.6 Å². The van der Waals surface area contributed by atoms with Crippen LogP contribution in [0.4, 0.5) is 0 Å². The Morgan fingerprint density at radius 2 is 2.32 bits per heavy atom. The number of ether oxygens (including phenoxy) is 1. The molecule has 108 valence electrons. The maximum Gasteiger partial charge on any atom is 0.237 e.